The lowest BCUT2D eigenvalue weighted by atomic mass is 10.3. The van der Waals surface area contributed by atoms with Crippen LogP contribution in [0.3, 0.4) is 0 Å². The molecule has 7 nitrogen and oxygen atoms in total. The molecule has 1 heterocycles. The van der Waals surface area contributed by atoms with Crippen LogP contribution < -0.4 is 4.72 Å². The average Bonchev–Trinajstić information content (AvgIpc) is 2.86. The summed E-state index contributed by atoms with van der Waals surface area (Å²) in [5.41, 5.74) is -0.267. The average molecular weight is 271 g/mol. The van der Waals surface area contributed by atoms with Crippen LogP contribution in [-0.4, -0.2) is 35.7 Å². The van der Waals surface area contributed by atoms with E-state index in [9.17, 15) is 13.2 Å². The summed E-state index contributed by atoms with van der Waals surface area (Å²) in [5, 5.41) is 14.8. The van der Waals surface area contributed by atoms with E-state index in [1.165, 1.54) is 6.92 Å². The first-order valence-corrected chi connectivity index (χ1v) is 6.85. The van der Waals surface area contributed by atoms with Crippen LogP contribution in [0.15, 0.2) is 17.0 Å². The normalized spacial score (nSPS) is 16.3. The molecule has 1 aliphatic carbocycles. The molecule has 0 aromatic carbocycles. The molecule has 1 aromatic heterocycles. The maximum absolute atomic E-state index is 12.1. The van der Waals surface area contributed by atoms with Crippen molar-refractivity contribution < 1.29 is 18.3 Å². The number of aryl methyl sites for hydroxylation is 1. The Morgan fingerprint density at radius 3 is 2.67 bits per heavy atom. The van der Waals surface area contributed by atoms with Gasteiger partial charge in [0.15, 0.2) is 5.69 Å². The Labute approximate surface area is 104 Å². The summed E-state index contributed by atoms with van der Waals surface area (Å²) in [6.07, 6.45) is 4.98. The third-order valence-electron chi connectivity index (χ3n) is 2.69. The number of hydrogen-bond acceptors (Lipinski definition) is 4. The van der Waals surface area contributed by atoms with Crippen LogP contribution in [-0.2, 0) is 10.0 Å². The molecule has 0 amide bonds. The summed E-state index contributed by atoms with van der Waals surface area (Å²) in [6, 6.07) is -0.217. The summed E-state index contributed by atoms with van der Waals surface area (Å²) in [4.78, 5) is 10.6. The van der Waals surface area contributed by atoms with Gasteiger partial charge in [-0.05, 0) is 19.8 Å². The zero-order valence-corrected chi connectivity index (χ0v) is 10.5. The molecule has 2 rings (SSSR count). The van der Waals surface area contributed by atoms with Gasteiger partial charge in [-0.25, -0.2) is 17.9 Å². The Morgan fingerprint density at radius 1 is 1.50 bits per heavy atom. The number of rotatable bonds is 4. The predicted molar refractivity (Wildman–Crippen MR) is 62.8 cm³/mol. The molecule has 3 N–H and O–H groups in total. The molecule has 0 radical (unpaired) electrons. The third-order valence-corrected chi connectivity index (χ3v) is 4.37. The largest absolute Gasteiger partial charge is 0.476 e. The highest BCUT2D eigenvalue weighted by molar-refractivity contribution is 7.89. The number of sulfonamides is 1. The van der Waals surface area contributed by atoms with Gasteiger partial charge in [-0.15, -0.1) is 0 Å². The summed E-state index contributed by atoms with van der Waals surface area (Å²) in [7, 11) is -3.87. The van der Waals surface area contributed by atoms with Crippen molar-refractivity contribution >= 4 is 16.0 Å². The van der Waals surface area contributed by atoms with Crippen LogP contribution in [0.5, 0.6) is 0 Å². The summed E-state index contributed by atoms with van der Waals surface area (Å²) >= 11 is 0. The third kappa shape index (κ3) is 2.29. The molecule has 0 unspecified atom stereocenters. The number of carboxylic acids is 1. The zero-order valence-electron chi connectivity index (χ0n) is 9.67. The van der Waals surface area contributed by atoms with E-state index >= 15 is 0 Å². The molecule has 18 heavy (non-hydrogen) atoms. The Hall–Kier alpha value is -1.67. The van der Waals surface area contributed by atoms with Gasteiger partial charge in [0.05, 0.1) is 5.69 Å². The summed E-state index contributed by atoms with van der Waals surface area (Å²) in [5.74, 6) is -1.37. The van der Waals surface area contributed by atoms with Crippen molar-refractivity contribution in [2.24, 2.45) is 0 Å². The van der Waals surface area contributed by atoms with Gasteiger partial charge in [-0.3, -0.25) is 5.10 Å². The Kier molecular flexibility index (Phi) is 3.22. The van der Waals surface area contributed by atoms with E-state index in [1.807, 2.05) is 12.2 Å². The maximum atomic E-state index is 12.1. The van der Waals surface area contributed by atoms with Crippen LogP contribution in [0.1, 0.15) is 29.0 Å². The molecule has 0 saturated carbocycles. The van der Waals surface area contributed by atoms with Crippen molar-refractivity contribution in [1.29, 1.82) is 0 Å². The monoisotopic (exact) mass is 271 g/mol. The maximum Gasteiger partial charge on any atom is 0.357 e. The standard InChI is InChI=1S/C10H13N3O4S/c1-6-9(8(10(14)15)12-11-6)18(16,17)13-7-4-2-3-5-7/h2-3,7,13H,4-5H2,1H3,(H,11,12)(H,14,15). The molecule has 0 spiro atoms. The van der Waals surface area contributed by atoms with Crippen LogP contribution in [0.2, 0.25) is 0 Å². The van der Waals surface area contributed by atoms with Crippen molar-refractivity contribution in [2.75, 3.05) is 0 Å². The lowest BCUT2D eigenvalue weighted by Crippen LogP contribution is -2.33. The first-order valence-electron chi connectivity index (χ1n) is 5.37. The number of H-pyrrole nitrogens is 1. The van der Waals surface area contributed by atoms with E-state index in [-0.39, 0.29) is 16.6 Å². The van der Waals surface area contributed by atoms with Crippen molar-refractivity contribution in [3.63, 3.8) is 0 Å². The lowest BCUT2D eigenvalue weighted by Gasteiger charge is -2.12. The molecule has 1 aromatic rings. The number of hydrogen-bond donors (Lipinski definition) is 3. The van der Waals surface area contributed by atoms with Crippen LogP contribution >= 0.6 is 0 Å². The van der Waals surface area contributed by atoms with Gasteiger partial charge < -0.3 is 5.11 Å². The second-order valence-electron chi connectivity index (χ2n) is 4.09. The Bertz CT molecular complexity index is 595. The number of nitrogens with one attached hydrogen (secondary N) is 2. The molecule has 98 valence electrons. The van der Waals surface area contributed by atoms with Gasteiger partial charge in [0.2, 0.25) is 10.0 Å². The van der Waals surface area contributed by atoms with Gasteiger partial charge in [0.1, 0.15) is 4.90 Å². The fourth-order valence-electron chi connectivity index (χ4n) is 1.88. The molecule has 8 heteroatoms. The Morgan fingerprint density at radius 2 is 2.11 bits per heavy atom. The minimum Gasteiger partial charge on any atom is -0.476 e. The molecular weight excluding hydrogens is 258 g/mol. The topological polar surface area (TPSA) is 112 Å². The number of carbonyl (C=O) groups is 1. The summed E-state index contributed by atoms with van der Waals surface area (Å²) in [6.45, 7) is 1.47. The number of carboxylic acid groups (broad SMARTS) is 1. The minimum absolute atomic E-state index is 0.214. The molecule has 0 fully saturated rings. The van der Waals surface area contributed by atoms with Gasteiger partial charge in [-0.2, -0.15) is 5.10 Å². The van der Waals surface area contributed by atoms with Crippen molar-refractivity contribution in [2.45, 2.75) is 30.7 Å². The van der Waals surface area contributed by atoms with E-state index in [0.717, 1.165) is 0 Å². The number of aromatic nitrogens is 2. The van der Waals surface area contributed by atoms with E-state index in [0.29, 0.717) is 12.8 Å². The zero-order chi connectivity index (χ0) is 13.3. The fourth-order valence-corrected chi connectivity index (χ4v) is 3.47. The first kappa shape index (κ1) is 12.8. The summed E-state index contributed by atoms with van der Waals surface area (Å²) < 4.78 is 26.7. The van der Waals surface area contributed by atoms with Gasteiger partial charge in [0, 0.05) is 6.04 Å². The van der Waals surface area contributed by atoms with Crippen molar-refractivity contribution in [1.82, 2.24) is 14.9 Å². The molecule has 0 saturated heterocycles. The van der Waals surface area contributed by atoms with Crippen LogP contribution in [0.4, 0.5) is 0 Å². The SMILES string of the molecule is Cc1[nH]nc(C(=O)O)c1S(=O)(=O)NC1CC=CC1. The van der Waals surface area contributed by atoms with Gasteiger partial charge in [-0.1, -0.05) is 12.2 Å². The van der Waals surface area contributed by atoms with Crippen molar-refractivity contribution in [3.8, 4) is 0 Å². The molecule has 0 bridgehead atoms. The van der Waals surface area contributed by atoms with E-state index in [1.54, 1.807) is 0 Å². The van der Waals surface area contributed by atoms with Crippen molar-refractivity contribution in [3.05, 3.63) is 23.5 Å². The van der Waals surface area contributed by atoms with E-state index in [4.69, 9.17) is 5.11 Å². The van der Waals surface area contributed by atoms with Gasteiger partial charge >= 0.3 is 5.97 Å². The highest BCUT2D eigenvalue weighted by Crippen LogP contribution is 2.20. The quantitative estimate of drug-likeness (QED) is 0.687. The highest BCUT2D eigenvalue weighted by Gasteiger charge is 2.30. The number of nitrogens with zero attached hydrogens (tertiary/aromatic N) is 1. The fraction of sp³-hybridized carbons (Fsp3) is 0.400. The molecule has 1 aliphatic rings. The first-order chi connectivity index (χ1) is 8.42. The molecular formula is C10H13N3O4S. The molecule has 0 aliphatic heterocycles. The van der Waals surface area contributed by atoms with E-state index in [2.05, 4.69) is 14.9 Å². The molecule has 0 atom stereocenters. The lowest BCUT2D eigenvalue weighted by molar-refractivity contribution is 0.0686. The number of aromatic amines is 1. The smallest absolute Gasteiger partial charge is 0.357 e. The van der Waals surface area contributed by atoms with Crippen LogP contribution in [0, 0.1) is 6.92 Å². The Balaban J connectivity index is 2.34. The minimum atomic E-state index is -3.87. The second-order valence-corrected chi connectivity index (χ2v) is 5.74. The van der Waals surface area contributed by atoms with Crippen LogP contribution in [0.25, 0.3) is 0 Å². The van der Waals surface area contributed by atoms with E-state index < -0.39 is 21.7 Å². The number of aromatic carboxylic acids is 1. The second kappa shape index (κ2) is 4.54. The highest BCUT2D eigenvalue weighted by atomic mass is 32.2. The van der Waals surface area contributed by atoms with Gasteiger partial charge in [0.25, 0.3) is 0 Å². The predicted octanol–water partition coefficient (Wildman–Crippen LogP) is 0.413.